The minimum atomic E-state index is 0.0621. The fourth-order valence-electron chi connectivity index (χ4n) is 2.43. The van der Waals surface area contributed by atoms with Gasteiger partial charge in [-0.05, 0) is 32.1 Å². The maximum atomic E-state index is 11.9. The molecule has 1 aliphatic carbocycles. The van der Waals surface area contributed by atoms with E-state index in [1.807, 2.05) is 6.92 Å². The van der Waals surface area contributed by atoms with Crippen LogP contribution >= 0.6 is 0 Å². The summed E-state index contributed by atoms with van der Waals surface area (Å²) in [6.45, 7) is 3.89. The zero-order chi connectivity index (χ0) is 14.1. The van der Waals surface area contributed by atoms with Crippen LogP contribution in [0.15, 0.2) is 0 Å². The van der Waals surface area contributed by atoms with Gasteiger partial charge in [0.1, 0.15) is 0 Å². The first-order valence-electron chi connectivity index (χ1n) is 7.23. The highest BCUT2D eigenvalue weighted by atomic mass is 16.5. The number of hydrogen-bond acceptors (Lipinski definition) is 3. The van der Waals surface area contributed by atoms with Crippen LogP contribution in [0, 0.1) is 11.8 Å². The average Bonchev–Trinajstić information content (AvgIpc) is 2.45. The van der Waals surface area contributed by atoms with Crippen LogP contribution in [0.3, 0.4) is 0 Å². The Hall–Kier alpha value is -1.10. The fraction of sp³-hybridized carbons (Fsp3) is 0.857. The number of nitrogens with one attached hydrogen (secondary N) is 2. The molecular formula is C14H26N2O3. The van der Waals surface area contributed by atoms with E-state index in [4.69, 9.17) is 4.74 Å². The number of carbonyl (C=O) groups is 2. The predicted octanol–water partition coefficient (Wildman–Crippen LogP) is 1.08. The molecule has 5 heteroatoms. The van der Waals surface area contributed by atoms with E-state index in [-0.39, 0.29) is 23.7 Å². The lowest BCUT2D eigenvalue weighted by molar-refractivity contribution is -0.130. The van der Waals surface area contributed by atoms with Crippen molar-refractivity contribution in [3.8, 4) is 0 Å². The number of methoxy groups -OCH3 is 1. The second-order valence-corrected chi connectivity index (χ2v) is 5.12. The summed E-state index contributed by atoms with van der Waals surface area (Å²) in [5, 5.41) is 5.80. The third-order valence-corrected chi connectivity index (χ3v) is 3.62. The van der Waals surface area contributed by atoms with E-state index in [2.05, 4.69) is 10.6 Å². The van der Waals surface area contributed by atoms with Crippen molar-refractivity contribution in [1.82, 2.24) is 10.6 Å². The Kier molecular flexibility index (Phi) is 7.48. The summed E-state index contributed by atoms with van der Waals surface area (Å²) in [6, 6.07) is 0. The Balaban J connectivity index is 2.24. The Bertz CT molecular complexity index is 286. The molecule has 1 saturated carbocycles. The van der Waals surface area contributed by atoms with Gasteiger partial charge in [0.25, 0.3) is 0 Å². The third kappa shape index (κ3) is 5.59. The van der Waals surface area contributed by atoms with Gasteiger partial charge >= 0.3 is 0 Å². The number of ether oxygens (including phenoxy) is 1. The van der Waals surface area contributed by atoms with Crippen molar-refractivity contribution in [2.75, 3.05) is 26.8 Å². The van der Waals surface area contributed by atoms with Crippen molar-refractivity contribution >= 4 is 11.8 Å². The van der Waals surface area contributed by atoms with E-state index in [0.717, 1.165) is 38.6 Å². The van der Waals surface area contributed by atoms with Gasteiger partial charge in [-0.15, -0.1) is 0 Å². The summed E-state index contributed by atoms with van der Waals surface area (Å²) in [5.41, 5.74) is 0. The molecule has 0 saturated heterocycles. The largest absolute Gasteiger partial charge is 0.383 e. The maximum Gasteiger partial charge on any atom is 0.223 e. The highest BCUT2D eigenvalue weighted by molar-refractivity contribution is 5.81. The van der Waals surface area contributed by atoms with Crippen molar-refractivity contribution in [2.45, 2.75) is 39.0 Å². The molecule has 0 aromatic carbocycles. The van der Waals surface area contributed by atoms with E-state index < -0.39 is 0 Å². The van der Waals surface area contributed by atoms with Crippen LogP contribution in [0.5, 0.6) is 0 Å². The Morgan fingerprint density at radius 3 is 1.89 bits per heavy atom. The molecule has 0 heterocycles. The first kappa shape index (κ1) is 16.0. The number of hydrogen-bond donors (Lipinski definition) is 2. The van der Waals surface area contributed by atoms with Crippen LogP contribution in [0.25, 0.3) is 0 Å². The van der Waals surface area contributed by atoms with E-state index in [1.165, 1.54) is 0 Å². The lowest BCUT2D eigenvalue weighted by atomic mass is 9.81. The molecule has 0 aromatic heterocycles. The van der Waals surface area contributed by atoms with E-state index in [1.54, 1.807) is 7.11 Å². The molecule has 19 heavy (non-hydrogen) atoms. The molecule has 1 rings (SSSR count). The molecule has 0 spiro atoms. The zero-order valence-corrected chi connectivity index (χ0v) is 12.0. The van der Waals surface area contributed by atoms with Crippen molar-refractivity contribution in [3.63, 3.8) is 0 Å². The molecule has 1 aliphatic rings. The lowest BCUT2D eigenvalue weighted by Gasteiger charge is -2.27. The maximum absolute atomic E-state index is 11.9. The van der Waals surface area contributed by atoms with Gasteiger partial charge in [-0.3, -0.25) is 9.59 Å². The van der Waals surface area contributed by atoms with E-state index in [0.29, 0.717) is 13.2 Å². The normalized spacial score (nSPS) is 22.8. The van der Waals surface area contributed by atoms with Gasteiger partial charge in [-0.2, -0.15) is 0 Å². The average molecular weight is 270 g/mol. The second-order valence-electron chi connectivity index (χ2n) is 5.12. The van der Waals surface area contributed by atoms with Gasteiger partial charge in [-0.25, -0.2) is 0 Å². The van der Waals surface area contributed by atoms with Crippen LogP contribution in [0.2, 0.25) is 0 Å². The van der Waals surface area contributed by atoms with Crippen molar-refractivity contribution in [2.24, 2.45) is 11.8 Å². The Labute approximate surface area is 115 Å². The number of amides is 2. The topological polar surface area (TPSA) is 67.4 Å². The molecule has 0 aliphatic heterocycles. The second kappa shape index (κ2) is 8.91. The standard InChI is InChI=1S/C14H26N2O3/c1-3-8-15-13(17)11-4-6-12(7-5-11)14(18)16-9-10-19-2/h11-12H,3-10H2,1-2H3,(H,15,17)(H,16,18). The van der Waals surface area contributed by atoms with Gasteiger partial charge in [0.05, 0.1) is 6.61 Å². The van der Waals surface area contributed by atoms with Gasteiger partial charge in [-0.1, -0.05) is 6.92 Å². The van der Waals surface area contributed by atoms with Crippen LogP contribution in [-0.4, -0.2) is 38.6 Å². The first-order valence-corrected chi connectivity index (χ1v) is 7.23. The number of rotatable bonds is 7. The molecule has 0 bridgehead atoms. The van der Waals surface area contributed by atoms with Crippen LogP contribution in [0.1, 0.15) is 39.0 Å². The minimum Gasteiger partial charge on any atom is -0.383 e. The van der Waals surface area contributed by atoms with Crippen molar-refractivity contribution in [1.29, 1.82) is 0 Å². The van der Waals surface area contributed by atoms with Gasteiger partial charge in [0.15, 0.2) is 0 Å². The molecule has 0 radical (unpaired) electrons. The van der Waals surface area contributed by atoms with E-state index >= 15 is 0 Å². The highest BCUT2D eigenvalue weighted by Crippen LogP contribution is 2.28. The molecule has 110 valence electrons. The molecule has 0 aromatic rings. The van der Waals surface area contributed by atoms with Gasteiger partial charge in [0.2, 0.25) is 11.8 Å². The molecule has 2 N–H and O–H groups in total. The fourth-order valence-corrected chi connectivity index (χ4v) is 2.43. The first-order chi connectivity index (χ1) is 9.19. The van der Waals surface area contributed by atoms with Crippen LogP contribution < -0.4 is 10.6 Å². The van der Waals surface area contributed by atoms with Gasteiger partial charge in [0, 0.05) is 32.0 Å². The van der Waals surface area contributed by atoms with E-state index in [9.17, 15) is 9.59 Å². The van der Waals surface area contributed by atoms with Crippen molar-refractivity contribution < 1.29 is 14.3 Å². The SMILES string of the molecule is CCCNC(=O)C1CCC(C(=O)NCCOC)CC1. The number of carbonyl (C=O) groups excluding carboxylic acids is 2. The highest BCUT2D eigenvalue weighted by Gasteiger charge is 2.29. The summed E-state index contributed by atoms with van der Waals surface area (Å²) in [7, 11) is 1.62. The summed E-state index contributed by atoms with van der Waals surface area (Å²) in [6.07, 6.45) is 4.21. The third-order valence-electron chi connectivity index (χ3n) is 3.62. The minimum absolute atomic E-state index is 0.0621. The Morgan fingerprint density at radius 1 is 1.00 bits per heavy atom. The molecule has 0 unspecified atom stereocenters. The van der Waals surface area contributed by atoms with Crippen molar-refractivity contribution in [3.05, 3.63) is 0 Å². The monoisotopic (exact) mass is 270 g/mol. The molecular weight excluding hydrogens is 244 g/mol. The van der Waals surface area contributed by atoms with Crippen LogP contribution in [-0.2, 0) is 14.3 Å². The Morgan fingerprint density at radius 2 is 1.47 bits per heavy atom. The predicted molar refractivity (Wildman–Crippen MR) is 73.6 cm³/mol. The molecule has 0 atom stereocenters. The quantitative estimate of drug-likeness (QED) is 0.680. The van der Waals surface area contributed by atoms with Gasteiger partial charge < -0.3 is 15.4 Å². The molecule has 2 amide bonds. The lowest BCUT2D eigenvalue weighted by Crippen LogP contribution is -2.38. The smallest absolute Gasteiger partial charge is 0.223 e. The summed E-state index contributed by atoms with van der Waals surface area (Å²) < 4.78 is 4.90. The summed E-state index contributed by atoms with van der Waals surface area (Å²) >= 11 is 0. The molecule has 5 nitrogen and oxygen atoms in total. The summed E-state index contributed by atoms with van der Waals surface area (Å²) in [5.74, 6) is 0.409. The summed E-state index contributed by atoms with van der Waals surface area (Å²) in [4.78, 5) is 23.7. The zero-order valence-electron chi connectivity index (χ0n) is 12.0. The van der Waals surface area contributed by atoms with Crippen LogP contribution in [0.4, 0.5) is 0 Å². The molecule has 1 fully saturated rings.